The van der Waals surface area contributed by atoms with Gasteiger partial charge in [0, 0.05) is 27.5 Å². The Morgan fingerprint density at radius 1 is 0.270 bits per heavy atom. The average molecular weight is 958 g/mol. The second-order valence-corrected chi connectivity index (χ2v) is 23.7. The third kappa shape index (κ3) is 8.01. The van der Waals surface area contributed by atoms with Crippen LogP contribution in [0.5, 0.6) is 0 Å². The van der Waals surface area contributed by atoms with Crippen molar-refractivity contribution < 1.29 is 0 Å². The highest BCUT2D eigenvalue weighted by atomic mass is 15.0. The first-order chi connectivity index (χ1) is 35.4. The normalized spacial score (nSPS) is 14.0. The Morgan fingerprint density at radius 2 is 0.568 bits per heavy atom. The fourth-order valence-electron chi connectivity index (χ4n) is 12.0. The van der Waals surface area contributed by atoms with E-state index in [4.69, 9.17) is 15.0 Å². The Labute approximate surface area is 438 Å². The zero-order chi connectivity index (χ0) is 51.3. The number of nitrogens with zero attached hydrogens (tertiary/aromatic N) is 3. The molecule has 0 bridgehead atoms. The van der Waals surface area contributed by atoms with Crippen LogP contribution in [0.25, 0.3) is 101 Å². The van der Waals surface area contributed by atoms with Gasteiger partial charge in [0.15, 0.2) is 17.5 Å². The standard InChI is InChI=1S/C71H63N3/c1-68(2,3)53-40-48(36-50(42-53)55-29-21-31-59-57-27-17-19-33-61(57)70(7,8)63(55)59)46-35-47(39-52(38-46)67-73-65(44-23-13-11-14-24-44)72-66(74-67)45-25-15-12-16-26-45)49-37-51(43-54(41-49)69(4,5)6)56-30-22-32-60-58-28-18-20-34-62(58)71(9,10)64(56)60/h11-43H,1-10H3. The molecule has 0 radical (unpaired) electrons. The molecule has 0 spiro atoms. The highest BCUT2D eigenvalue weighted by molar-refractivity contribution is 5.92. The van der Waals surface area contributed by atoms with Gasteiger partial charge in [0.05, 0.1) is 0 Å². The Hall–Kier alpha value is -8.01. The van der Waals surface area contributed by atoms with Crippen LogP contribution in [0.1, 0.15) is 103 Å². The van der Waals surface area contributed by atoms with Gasteiger partial charge in [-0.1, -0.05) is 239 Å². The molecule has 12 rings (SSSR count). The van der Waals surface area contributed by atoms with E-state index in [1.54, 1.807) is 0 Å². The summed E-state index contributed by atoms with van der Waals surface area (Å²) in [6.07, 6.45) is 0. The first-order valence-corrected chi connectivity index (χ1v) is 26.3. The number of benzene rings is 9. The van der Waals surface area contributed by atoms with Crippen LogP contribution in [0.3, 0.4) is 0 Å². The van der Waals surface area contributed by atoms with E-state index >= 15 is 0 Å². The summed E-state index contributed by atoms with van der Waals surface area (Å²) in [6.45, 7) is 23.5. The molecule has 0 aliphatic heterocycles. The maximum absolute atomic E-state index is 5.34. The van der Waals surface area contributed by atoms with E-state index in [0.29, 0.717) is 17.5 Å². The van der Waals surface area contributed by atoms with Crippen molar-refractivity contribution in [1.82, 2.24) is 15.0 Å². The van der Waals surface area contributed by atoms with E-state index in [-0.39, 0.29) is 21.7 Å². The number of hydrogen-bond acceptors (Lipinski definition) is 3. The van der Waals surface area contributed by atoms with E-state index in [0.717, 1.165) is 38.9 Å². The van der Waals surface area contributed by atoms with Gasteiger partial charge in [0.1, 0.15) is 0 Å². The molecule has 0 saturated heterocycles. The molecule has 1 aromatic heterocycles. The van der Waals surface area contributed by atoms with E-state index in [1.165, 1.54) is 77.9 Å². The maximum atomic E-state index is 5.34. The number of hydrogen-bond donors (Lipinski definition) is 0. The van der Waals surface area contributed by atoms with Crippen molar-refractivity contribution in [3.8, 4) is 101 Å². The summed E-state index contributed by atoms with van der Waals surface area (Å²) >= 11 is 0. The molecule has 2 aliphatic carbocycles. The molecule has 0 saturated carbocycles. The van der Waals surface area contributed by atoms with Crippen LogP contribution in [0.15, 0.2) is 200 Å². The lowest BCUT2D eigenvalue weighted by atomic mass is 9.77. The van der Waals surface area contributed by atoms with Gasteiger partial charge in [-0.2, -0.15) is 0 Å². The van der Waals surface area contributed by atoms with Crippen LogP contribution in [0, 0.1) is 0 Å². The minimum absolute atomic E-state index is 0.135. The first-order valence-electron chi connectivity index (χ1n) is 26.3. The molecule has 0 fully saturated rings. The molecular weight excluding hydrogens is 895 g/mol. The smallest absolute Gasteiger partial charge is 0.164 e. The number of aromatic nitrogens is 3. The van der Waals surface area contributed by atoms with Crippen molar-refractivity contribution in [1.29, 1.82) is 0 Å². The topological polar surface area (TPSA) is 38.7 Å². The van der Waals surface area contributed by atoms with Crippen LogP contribution < -0.4 is 0 Å². The largest absolute Gasteiger partial charge is 0.208 e. The fourth-order valence-corrected chi connectivity index (χ4v) is 12.0. The van der Waals surface area contributed by atoms with Gasteiger partial charge in [-0.15, -0.1) is 0 Å². The SMILES string of the molecule is CC(C)(C)c1cc(-c2cc(-c3cc(-c4cccc5c4C(C)(C)c4ccccc4-5)cc(C(C)(C)C)c3)cc(-c3nc(-c4ccccc4)nc(-c4ccccc4)n3)c2)cc(-c2cccc3c2C(C)(C)c2ccccc2-3)c1. The Balaban J connectivity index is 1.12. The minimum Gasteiger partial charge on any atom is -0.208 e. The molecule has 0 N–H and O–H groups in total. The molecule has 10 aromatic rings. The van der Waals surface area contributed by atoms with E-state index in [2.05, 4.69) is 233 Å². The minimum atomic E-state index is -0.175. The molecule has 9 aromatic carbocycles. The summed E-state index contributed by atoms with van der Waals surface area (Å²) in [6, 6.07) is 73.8. The second-order valence-electron chi connectivity index (χ2n) is 23.7. The molecule has 2 aliphatic rings. The highest BCUT2D eigenvalue weighted by Gasteiger charge is 2.39. The lowest BCUT2D eigenvalue weighted by Gasteiger charge is -2.27. The van der Waals surface area contributed by atoms with E-state index in [1.807, 2.05) is 36.4 Å². The predicted molar refractivity (Wildman–Crippen MR) is 310 cm³/mol. The molecule has 74 heavy (non-hydrogen) atoms. The van der Waals surface area contributed by atoms with Crippen molar-refractivity contribution in [2.24, 2.45) is 0 Å². The van der Waals surface area contributed by atoms with Gasteiger partial charge in [-0.3, -0.25) is 0 Å². The molecule has 0 unspecified atom stereocenters. The van der Waals surface area contributed by atoms with Crippen LogP contribution in [0.2, 0.25) is 0 Å². The van der Waals surface area contributed by atoms with Gasteiger partial charge in [0.25, 0.3) is 0 Å². The van der Waals surface area contributed by atoms with Crippen LogP contribution in [-0.2, 0) is 21.7 Å². The molecular formula is C71H63N3. The first kappa shape index (κ1) is 47.0. The lowest BCUT2D eigenvalue weighted by molar-refractivity contribution is 0.590. The Morgan fingerprint density at radius 3 is 0.973 bits per heavy atom. The van der Waals surface area contributed by atoms with Gasteiger partial charge in [0.2, 0.25) is 0 Å². The number of fused-ring (bicyclic) bond motifs is 6. The van der Waals surface area contributed by atoms with Crippen LogP contribution >= 0.6 is 0 Å². The summed E-state index contributed by atoms with van der Waals surface area (Å²) in [5.41, 5.74) is 25.0. The van der Waals surface area contributed by atoms with Crippen molar-refractivity contribution in [3.05, 3.63) is 234 Å². The third-order valence-corrected chi connectivity index (χ3v) is 15.9. The van der Waals surface area contributed by atoms with Gasteiger partial charge in [-0.05, 0) is 141 Å². The quantitative estimate of drug-likeness (QED) is 0.160. The van der Waals surface area contributed by atoms with E-state index in [9.17, 15) is 0 Å². The Bertz CT molecular complexity index is 3600. The van der Waals surface area contributed by atoms with Crippen LogP contribution in [-0.4, -0.2) is 15.0 Å². The molecule has 362 valence electrons. The van der Waals surface area contributed by atoms with Gasteiger partial charge >= 0.3 is 0 Å². The Kier molecular flexibility index (Phi) is 11.0. The fraction of sp³-hybridized carbons (Fsp3) is 0.197. The van der Waals surface area contributed by atoms with Gasteiger partial charge in [-0.25, -0.2) is 15.0 Å². The summed E-state index contributed by atoms with van der Waals surface area (Å²) in [5, 5.41) is 0. The highest BCUT2D eigenvalue weighted by Crippen LogP contribution is 2.54. The zero-order valence-corrected chi connectivity index (χ0v) is 44.4. The van der Waals surface area contributed by atoms with Gasteiger partial charge < -0.3 is 0 Å². The molecule has 1 heterocycles. The average Bonchev–Trinajstić information content (AvgIpc) is 3.80. The van der Waals surface area contributed by atoms with Crippen molar-refractivity contribution in [3.63, 3.8) is 0 Å². The molecule has 3 heteroatoms. The van der Waals surface area contributed by atoms with E-state index < -0.39 is 0 Å². The summed E-state index contributed by atoms with van der Waals surface area (Å²) in [5.74, 6) is 1.90. The van der Waals surface area contributed by atoms with Crippen molar-refractivity contribution in [2.75, 3.05) is 0 Å². The number of rotatable bonds is 7. The molecule has 0 atom stereocenters. The van der Waals surface area contributed by atoms with Crippen molar-refractivity contribution >= 4 is 0 Å². The zero-order valence-electron chi connectivity index (χ0n) is 44.4. The third-order valence-electron chi connectivity index (χ3n) is 15.9. The summed E-state index contributed by atoms with van der Waals surface area (Å²) < 4.78 is 0. The maximum Gasteiger partial charge on any atom is 0.164 e. The van der Waals surface area contributed by atoms with Crippen LogP contribution in [0.4, 0.5) is 0 Å². The monoisotopic (exact) mass is 958 g/mol. The predicted octanol–water partition coefficient (Wildman–Crippen LogP) is 18.7. The molecule has 0 amide bonds. The lowest BCUT2D eigenvalue weighted by Crippen LogP contribution is -2.16. The second kappa shape index (κ2) is 17.3. The molecule has 3 nitrogen and oxygen atoms in total. The summed E-state index contributed by atoms with van der Waals surface area (Å²) in [4.78, 5) is 15.8. The summed E-state index contributed by atoms with van der Waals surface area (Å²) in [7, 11) is 0. The van der Waals surface area contributed by atoms with Crippen molar-refractivity contribution in [2.45, 2.75) is 90.9 Å².